The van der Waals surface area contributed by atoms with Gasteiger partial charge in [0.25, 0.3) is 0 Å². The Morgan fingerprint density at radius 3 is 2.15 bits per heavy atom. The molecule has 1 aromatic carbocycles. The van der Waals surface area contributed by atoms with E-state index in [1.807, 2.05) is 0 Å². The van der Waals surface area contributed by atoms with Crippen molar-refractivity contribution in [3.8, 4) is 5.75 Å². The van der Waals surface area contributed by atoms with Crippen LogP contribution in [-0.4, -0.2) is 12.1 Å². The second kappa shape index (κ2) is 5.04. The first-order valence-electron chi connectivity index (χ1n) is 3.10. The van der Waals surface area contributed by atoms with Crippen molar-refractivity contribution in [1.29, 1.82) is 0 Å². The summed E-state index contributed by atoms with van der Waals surface area (Å²) < 4.78 is 36.3. The zero-order valence-electron chi connectivity index (χ0n) is 6.77. The number of hydrogen-bond acceptors (Lipinski definition) is 1. The first-order chi connectivity index (χ1) is 5.43. The zero-order valence-corrected chi connectivity index (χ0v) is 10.6. The normalized spacial score (nSPS) is 10.8. The van der Waals surface area contributed by atoms with Crippen LogP contribution in [0.15, 0.2) is 18.2 Å². The van der Waals surface area contributed by atoms with Crippen molar-refractivity contribution in [2.24, 2.45) is 0 Å². The minimum atomic E-state index is -5.14. The molecule has 0 aliphatic carbocycles. The topological polar surface area (TPSA) is 20.2 Å². The second-order valence-corrected chi connectivity index (χ2v) is 2.63. The van der Waals surface area contributed by atoms with Crippen molar-refractivity contribution >= 4 is 24.0 Å². The maximum absolute atomic E-state index is 12.1. The average Bonchev–Trinajstić information content (AvgIpc) is 1.92. The summed E-state index contributed by atoms with van der Waals surface area (Å²) in [7, 11) is 0. The molecule has 0 radical (unpaired) electrons. The molecule has 1 aromatic rings. The Kier molecular flexibility index (Phi) is 5.35. The molecule has 0 aromatic heterocycles. The van der Waals surface area contributed by atoms with Crippen LogP contribution in [0.3, 0.4) is 0 Å². The summed E-state index contributed by atoms with van der Waals surface area (Å²) in [4.78, 5) is 0. The molecule has 0 atom stereocenters. The van der Waals surface area contributed by atoms with Gasteiger partial charge in [0.1, 0.15) is 5.75 Å². The quantitative estimate of drug-likeness (QED) is 0.625. The van der Waals surface area contributed by atoms with E-state index in [1.54, 1.807) is 0 Å². The van der Waals surface area contributed by atoms with Crippen LogP contribution >= 0.6 is 11.6 Å². The van der Waals surface area contributed by atoms with Gasteiger partial charge in [-0.1, -0.05) is 29.2 Å². The van der Waals surface area contributed by atoms with E-state index >= 15 is 0 Å². The van der Waals surface area contributed by atoms with Gasteiger partial charge in [0.15, 0.2) is 0 Å². The summed E-state index contributed by atoms with van der Waals surface area (Å²) in [5.41, 5.74) is -0.961. The summed E-state index contributed by atoms with van der Waals surface area (Å²) in [6, 6.07) is 3.04. The van der Waals surface area contributed by atoms with Gasteiger partial charge < -0.3 is 18.1 Å². The minimum Gasteiger partial charge on any atom is -0.507 e. The predicted molar refractivity (Wildman–Crippen MR) is 41.8 cm³/mol. The average molecular weight is 234 g/mol. The molecule has 13 heavy (non-hydrogen) atoms. The molecule has 0 amide bonds. The van der Waals surface area contributed by atoms with Crippen molar-refractivity contribution < 1.29 is 69.4 Å². The van der Waals surface area contributed by atoms with E-state index in [4.69, 9.17) is 16.7 Å². The van der Waals surface area contributed by atoms with Crippen molar-refractivity contribution in [3.63, 3.8) is 0 Å². The molecular formula is C6H4BClF3KO. The van der Waals surface area contributed by atoms with Crippen LogP contribution in [0.5, 0.6) is 5.75 Å². The van der Waals surface area contributed by atoms with Gasteiger partial charge in [-0.2, -0.15) is 0 Å². The van der Waals surface area contributed by atoms with E-state index in [0.717, 1.165) is 18.2 Å². The summed E-state index contributed by atoms with van der Waals surface area (Å²) in [5.74, 6) is -0.548. The van der Waals surface area contributed by atoms with Gasteiger partial charge in [-0.15, -0.1) is 0 Å². The van der Waals surface area contributed by atoms with Crippen molar-refractivity contribution in [3.05, 3.63) is 23.2 Å². The number of halogens is 4. The van der Waals surface area contributed by atoms with Gasteiger partial charge in [0, 0.05) is 0 Å². The smallest absolute Gasteiger partial charge is 0.507 e. The van der Waals surface area contributed by atoms with Crippen LogP contribution in [0.2, 0.25) is 5.02 Å². The van der Waals surface area contributed by atoms with E-state index in [-0.39, 0.29) is 51.4 Å². The number of benzene rings is 1. The summed E-state index contributed by atoms with van der Waals surface area (Å²) >= 11 is 5.22. The molecule has 1 nitrogen and oxygen atoms in total. The Bertz CT molecular complexity index is 304. The molecule has 0 bridgehead atoms. The predicted octanol–water partition coefficient (Wildman–Crippen LogP) is -0.896. The van der Waals surface area contributed by atoms with Gasteiger partial charge in [-0.3, -0.25) is 0 Å². The van der Waals surface area contributed by atoms with Crippen LogP contribution in [0.25, 0.3) is 0 Å². The zero-order chi connectivity index (χ0) is 9.35. The second-order valence-electron chi connectivity index (χ2n) is 2.26. The van der Waals surface area contributed by atoms with Crippen molar-refractivity contribution in [1.82, 2.24) is 0 Å². The molecule has 1 N–H and O–H groups in total. The molecule has 1 rings (SSSR count). The maximum Gasteiger partial charge on any atom is 1.00 e. The van der Waals surface area contributed by atoms with E-state index in [2.05, 4.69) is 0 Å². The minimum absolute atomic E-state index is 0. The van der Waals surface area contributed by atoms with Gasteiger partial charge in [-0.05, 0) is 6.07 Å². The van der Waals surface area contributed by atoms with Gasteiger partial charge >= 0.3 is 58.4 Å². The monoisotopic (exact) mass is 234 g/mol. The number of phenols is 1. The van der Waals surface area contributed by atoms with Gasteiger partial charge in [0.05, 0.1) is 5.02 Å². The number of aromatic hydroxyl groups is 1. The molecule has 0 unspecified atom stereocenters. The van der Waals surface area contributed by atoms with Crippen LogP contribution in [0, 0.1) is 0 Å². The molecule has 0 saturated heterocycles. The largest absolute Gasteiger partial charge is 1.00 e. The van der Waals surface area contributed by atoms with E-state index in [0.29, 0.717) is 0 Å². The standard InChI is InChI=1S/C6H4BClF3O.K/c8-6-4(7(9,10)11)2-1-3-5(6)12;/h1-3,12H;/q-1;+1. The number of rotatable bonds is 1. The maximum atomic E-state index is 12.1. The number of phenolic OH excluding ortho intramolecular Hbond substituents is 1. The Morgan fingerprint density at radius 1 is 1.23 bits per heavy atom. The molecule has 0 aliphatic rings. The summed E-state index contributed by atoms with van der Waals surface area (Å²) in [6.07, 6.45) is 0. The molecule has 66 valence electrons. The fraction of sp³-hybridized carbons (Fsp3) is 0. The Balaban J connectivity index is 0.00000144. The third-order valence-electron chi connectivity index (χ3n) is 1.36. The van der Waals surface area contributed by atoms with E-state index < -0.39 is 23.2 Å². The van der Waals surface area contributed by atoms with Gasteiger partial charge in [0.2, 0.25) is 0 Å². The SMILES string of the molecule is Oc1cccc([B-](F)(F)F)c1Cl.[K+]. The fourth-order valence-electron chi connectivity index (χ4n) is 0.790. The van der Waals surface area contributed by atoms with Crippen LogP contribution in [0.4, 0.5) is 12.9 Å². The van der Waals surface area contributed by atoms with E-state index in [9.17, 15) is 12.9 Å². The molecule has 0 aliphatic heterocycles. The van der Waals surface area contributed by atoms with Crippen molar-refractivity contribution in [2.45, 2.75) is 0 Å². The Labute approximate surface area is 121 Å². The number of hydrogen-bond donors (Lipinski definition) is 1. The molecular weight excluding hydrogens is 230 g/mol. The van der Waals surface area contributed by atoms with Gasteiger partial charge in [-0.25, -0.2) is 0 Å². The Hall–Kier alpha value is 0.801. The fourth-order valence-corrected chi connectivity index (χ4v) is 1.04. The third-order valence-corrected chi connectivity index (χ3v) is 1.77. The van der Waals surface area contributed by atoms with Crippen LogP contribution in [-0.2, 0) is 0 Å². The first-order valence-corrected chi connectivity index (χ1v) is 3.48. The summed E-state index contributed by atoms with van der Waals surface area (Å²) in [5, 5.41) is 8.21. The van der Waals surface area contributed by atoms with E-state index in [1.165, 1.54) is 0 Å². The first kappa shape index (κ1) is 13.8. The molecule has 7 heteroatoms. The van der Waals surface area contributed by atoms with Crippen molar-refractivity contribution in [2.75, 3.05) is 0 Å². The van der Waals surface area contributed by atoms with Crippen LogP contribution in [0.1, 0.15) is 0 Å². The Morgan fingerprint density at radius 2 is 1.77 bits per heavy atom. The van der Waals surface area contributed by atoms with Crippen LogP contribution < -0.4 is 56.8 Å². The molecule has 0 spiro atoms. The molecule has 0 heterocycles. The molecule has 0 fully saturated rings. The summed E-state index contributed by atoms with van der Waals surface area (Å²) in [6.45, 7) is -5.14. The molecule has 0 saturated carbocycles. The third kappa shape index (κ3) is 3.45.